The van der Waals surface area contributed by atoms with Crippen molar-refractivity contribution < 1.29 is 9.57 Å². The van der Waals surface area contributed by atoms with Gasteiger partial charge in [-0.3, -0.25) is 4.84 Å². The van der Waals surface area contributed by atoms with E-state index in [9.17, 15) is 0 Å². The summed E-state index contributed by atoms with van der Waals surface area (Å²) in [6, 6.07) is 6.20. The van der Waals surface area contributed by atoms with Gasteiger partial charge < -0.3 is 0 Å². The molecule has 0 aliphatic carbocycles. The van der Waals surface area contributed by atoms with Gasteiger partial charge in [0.1, 0.15) is 0 Å². The molecule has 0 N–H and O–H groups in total. The SMILES string of the molecule is CCCCCc1cccc[n+]1OCC. The highest BCUT2D eigenvalue weighted by atomic mass is 16.7. The number of aromatic nitrogens is 1. The molecule has 1 aromatic heterocycles. The van der Waals surface area contributed by atoms with E-state index >= 15 is 0 Å². The molecule has 78 valence electrons. The van der Waals surface area contributed by atoms with Crippen LogP contribution in [0.15, 0.2) is 24.4 Å². The van der Waals surface area contributed by atoms with Crippen LogP contribution in [0.3, 0.4) is 0 Å². The summed E-state index contributed by atoms with van der Waals surface area (Å²) < 4.78 is 1.88. The molecular formula is C12H20NO+. The van der Waals surface area contributed by atoms with Crippen molar-refractivity contribution in [2.75, 3.05) is 6.61 Å². The average Bonchev–Trinajstić information content (AvgIpc) is 2.21. The minimum atomic E-state index is 0.718. The van der Waals surface area contributed by atoms with Crippen LogP contribution in [0.1, 0.15) is 38.8 Å². The van der Waals surface area contributed by atoms with Gasteiger partial charge in [0.2, 0.25) is 11.9 Å². The number of pyridine rings is 1. The Bertz CT molecular complexity index is 260. The Kier molecular flexibility index (Phi) is 5.05. The largest absolute Gasteiger partial charge is 0.271 e. The number of nitrogens with zero attached hydrogens (tertiary/aromatic N) is 1. The van der Waals surface area contributed by atoms with E-state index in [1.165, 1.54) is 25.0 Å². The predicted octanol–water partition coefficient (Wildman–Crippen LogP) is 2.16. The standard InChI is InChI=1S/C12H20NO/c1-3-5-6-9-12-10-7-8-11-13(12)14-4-2/h7-8,10-11H,3-6,9H2,1-2H3/q+1. The predicted molar refractivity (Wildman–Crippen MR) is 57.0 cm³/mol. The smallest absolute Gasteiger partial charge is 0.234 e. The molecule has 1 rings (SSSR count). The van der Waals surface area contributed by atoms with Crippen molar-refractivity contribution in [2.45, 2.75) is 39.5 Å². The summed E-state index contributed by atoms with van der Waals surface area (Å²) in [7, 11) is 0. The molecule has 0 radical (unpaired) electrons. The van der Waals surface area contributed by atoms with E-state index in [1.54, 1.807) is 0 Å². The van der Waals surface area contributed by atoms with Crippen molar-refractivity contribution in [3.05, 3.63) is 30.1 Å². The van der Waals surface area contributed by atoms with Gasteiger partial charge in [-0.15, -0.1) is 0 Å². The van der Waals surface area contributed by atoms with Gasteiger partial charge in [-0.05, 0) is 19.4 Å². The molecule has 0 aliphatic heterocycles. The van der Waals surface area contributed by atoms with Crippen LogP contribution < -0.4 is 9.57 Å². The topological polar surface area (TPSA) is 13.1 Å². The molecule has 0 aromatic carbocycles. The van der Waals surface area contributed by atoms with Gasteiger partial charge in [-0.25, -0.2) is 0 Å². The van der Waals surface area contributed by atoms with Crippen LogP contribution in [0, 0.1) is 0 Å². The van der Waals surface area contributed by atoms with Crippen LogP contribution >= 0.6 is 0 Å². The molecule has 0 fully saturated rings. The molecule has 0 unspecified atom stereocenters. The van der Waals surface area contributed by atoms with E-state index in [-0.39, 0.29) is 0 Å². The molecule has 0 atom stereocenters. The van der Waals surface area contributed by atoms with Gasteiger partial charge in [0.25, 0.3) is 0 Å². The Morgan fingerprint density at radius 2 is 2.07 bits per heavy atom. The van der Waals surface area contributed by atoms with Gasteiger partial charge in [0, 0.05) is 23.3 Å². The Morgan fingerprint density at radius 3 is 2.79 bits per heavy atom. The van der Waals surface area contributed by atoms with E-state index in [0.717, 1.165) is 13.0 Å². The summed E-state index contributed by atoms with van der Waals surface area (Å²) in [6.45, 7) is 4.95. The Morgan fingerprint density at radius 1 is 1.21 bits per heavy atom. The molecule has 0 aliphatic rings. The second-order valence-electron chi connectivity index (χ2n) is 3.39. The summed E-state index contributed by atoms with van der Waals surface area (Å²) in [4.78, 5) is 5.48. The maximum atomic E-state index is 5.48. The molecule has 0 bridgehead atoms. The lowest BCUT2D eigenvalue weighted by atomic mass is 10.1. The molecule has 0 amide bonds. The van der Waals surface area contributed by atoms with Gasteiger partial charge in [-0.2, -0.15) is 0 Å². The molecular weight excluding hydrogens is 174 g/mol. The molecule has 0 saturated heterocycles. The van der Waals surface area contributed by atoms with Crippen LogP contribution in [0.2, 0.25) is 0 Å². The molecule has 0 spiro atoms. The maximum Gasteiger partial charge on any atom is 0.234 e. The Balaban J connectivity index is 2.55. The van der Waals surface area contributed by atoms with Crippen molar-refractivity contribution in [2.24, 2.45) is 0 Å². The second kappa shape index (κ2) is 6.41. The third kappa shape index (κ3) is 3.36. The number of aryl methyl sites for hydroxylation is 1. The fourth-order valence-corrected chi connectivity index (χ4v) is 1.48. The number of rotatable bonds is 6. The number of hydrogen-bond acceptors (Lipinski definition) is 1. The van der Waals surface area contributed by atoms with Crippen molar-refractivity contribution in [1.82, 2.24) is 0 Å². The van der Waals surface area contributed by atoms with Crippen molar-refractivity contribution >= 4 is 0 Å². The first-order valence-electron chi connectivity index (χ1n) is 5.51. The van der Waals surface area contributed by atoms with Crippen LogP contribution in [0.5, 0.6) is 0 Å². The zero-order chi connectivity index (χ0) is 10.2. The Hall–Kier alpha value is -1.05. The van der Waals surface area contributed by atoms with E-state index in [2.05, 4.69) is 19.1 Å². The van der Waals surface area contributed by atoms with Gasteiger partial charge in [0.15, 0.2) is 6.61 Å². The molecule has 2 nitrogen and oxygen atoms in total. The molecule has 14 heavy (non-hydrogen) atoms. The first-order chi connectivity index (χ1) is 6.88. The fraction of sp³-hybridized carbons (Fsp3) is 0.583. The Labute approximate surface area is 86.5 Å². The molecule has 1 aromatic rings. The lowest BCUT2D eigenvalue weighted by Crippen LogP contribution is -2.45. The highest BCUT2D eigenvalue weighted by Gasteiger charge is 2.09. The summed E-state index contributed by atoms with van der Waals surface area (Å²) in [6.07, 6.45) is 6.88. The quantitative estimate of drug-likeness (QED) is 0.499. The van der Waals surface area contributed by atoms with Gasteiger partial charge >= 0.3 is 0 Å². The highest BCUT2D eigenvalue weighted by molar-refractivity contribution is 4.96. The summed E-state index contributed by atoms with van der Waals surface area (Å²) >= 11 is 0. The zero-order valence-corrected chi connectivity index (χ0v) is 9.20. The van der Waals surface area contributed by atoms with Gasteiger partial charge in [-0.1, -0.05) is 19.8 Å². The normalized spacial score (nSPS) is 10.1. The maximum absolute atomic E-state index is 5.48. The van der Waals surface area contributed by atoms with Crippen molar-refractivity contribution in [1.29, 1.82) is 0 Å². The van der Waals surface area contributed by atoms with Crippen LogP contribution in [0.4, 0.5) is 0 Å². The first kappa shape index (κ1) is 11.0. The van der Waals surface area contributed by atoms with Gasteiger partial charge in [0.05, 0.1) is 0 Å². The van der Waals surface area contributed by atoms with Crippen LogP contribution in [-0.4, -0.2) is 6.61 Å². The van der Waals surface area contributed by atoms with E-state index in [4.69, 9.17) is 4.84 Å². The average molecular weight is 194 g/mol. The number of hydrogen-bond donors (Lipinski definition) is 0. The molecule has 0 saturated carbocycles. The van der Waals surface area contributed by atoms with E-state index < -0.39 is 0 Å². The summed E-state index contributed by atoms with van der Waals surface area (Å²) in [5.74, 6) is 0. The summed E-state index contributed by atoms with van der Waals surface area (Å²) in [5.41, 5.74) is 1.27. The minimum Gasteiger partial charge on any atom is -0.271 e. The second-order valence-corrected chi connectivity index (χ2v) is 3.39. The lowest BCUT2D eigenvalue weighted by molar-refractivity contribution is -0.895. The zero-order valence-electron chi connectivity index (χ0n) is 9.20. The first-order valence-corrected chi connectivity index (χ1v) is 5.51. The summed E-state index contributed by atoms with van der Waals surface area (Å²) in [5, 5.41) is 0. The highest BCUT2D eigenvalue weighted by Crippen LogP contribution is 2.01. The van der Waals surface area contributed by atoms with Crippen molar-refractivity contribution in [3.8, 4) is 0 Å². The van der Waals surface area contributed by atoms with Crippen LogP contribution in [0.25, 0.3) is 0 Å². The minimum absolute atomic E-state index is 0.718. The molecule has 2 heteroatoms. The van der Waals surface area contributed by atoms with Crippen LogP contribution in [-0.2, 0) is 6.42 Å². The van der Waals surface area contributed by atoms with E-state index in [1.807, 2.05) is 23.9 Å². The fourth-order valence-electron chi connectivity index (χ4n) is 1.48. The third-order valence-electron chi connectivity index (χ3n) is 2.21. The lowest BCUT2D eigenvalue weighted by Gasteiger charge is -2.00. The van der Waals surface area contributed by atoms with Crippen molar-refractivity contribution in [3.63, 3.8) is 0 Å². The molecule has 1 heterocycles. The number of unbranched alkanes of at least 4 members (excludes halogenated alkanes) is 2. The third-order valence-corrected chi connectivity index (χ3v) is 2.21. The van der Waals surface area contributed by atoms with E-state index in [0.29, 0.717) is 0 Å². The monoisotopic (exact) mass is 194 g/mol.